The van der Waals surface area contributed by atoms with E-state index in [0.29, 0.717) is 6.42 Å². The molecule has 3 aliphatic carbocycles. The maximum Gasteiger partial charge on any atom is 0.305 e. The number of methoxy groups -OCH3 is 1. The van der Waals surface area contributed by atoms with Gasteiger partial charge < -0.3 is 19.0 Å². The molecule has 2 heterocycles. The lowest BCUT2D eigenvalue weighted by molar-refractivity contribution is -0.189. The van der Waals surface area contributed by atoms with Crippen LogP contribution < -0.4 is 0 Å². The number of Topliss-reactive ketones (excluding diaryl/α,β-unsaturated/α-hetero) is 1. The number of allylic oxidation sites excluding steroid dienone is 2. The topological polar surface area (TPSA) is 86.0 Å². The molecule has 0 bridgehead atoms. The van der Waals surface area contributed by atoms with Gasteiger partial charge in [0.2, 0.25) is 0 Å². The lowest BCUT2D eigenvalue weighted by Gasteiger charge is -2.59. The number of carbonyl (C=O) groups excluding carboxylic acids is 2. The van der Waals surface area contributed by atoms with Crippen LogP contribution in [0, 0.1) is 22.7 Å². The molecule has 1 N–H and O–H groups in total. The van der Waals surface area contributed by atoms with Crippen LogP contribution in [0.4, 0.5) is 0 Å². The maximum absolute atomic E-state index is 13.5. The molecule has 8 atom stereocenters. The number of esters is 1. The highest BCUT2D eigenvalue weighted by Crippen LogP contribution is 2.68. The molecule has 1 saturated carbocycles. The van der Waals surface area contributed by atoms with Gasteiger partial charge in [-0.3, -0.25) is 9.59 Å². The van der Waals surface area contributed by atoms with Crippen molar-refractivity contribution >= 4 is 11.8 Å². The molecule has 1 aromatic rings. The largest absolute Gasteiger partial charge is 0.472 e. The Balaban J connectivity index is 1.70. The summed E-state index contributed by atoms with van der Waals surface area (Å²) in [4.78, 5) is 26.1. The zero-order valence-electron chi connectivity index (χ0n) is 19.4. The quantitative estimate of drug-likeness (QED) is 0.566. The number of fused-ring (bicyclic) bond motifs is 4. The van der Waals surface area contributed by atoms with Crippen LogP contribution in [0.2, 0.25) is 0 Å². The van der Waals surface area contributed by atoms with Crippen LogP contribution in [-0.4, -0.2) is 42.3 Å². The Bertz CT molecular complexity index is 1020. The molecule has 5 rings (SSSR count). The Morgan fingerprint density at radius 3 is 2.69 bits per heavy atom. The summed E-state index contributed by atoms with van der Waals surface area (Å²) >= 11 is 0. The van der Waals surface area contributed by atoms with Gasteiger partial charge in [0.25, 0.3) is 0 Å². The maximum atomic E-state index is 13.5. The molecule has 32 heavy (non-hydrogen) atoms. The van der Waals surface area contributed by atoms with Crippen LogP contribution in [0.3, 0.4) is 0 Å². The van der Waals surface area contributed by atoms with E-state index in [2.05, 4.69) is 13.8 Å². The number of rotatable bonds is 3. The van der Waals surface area contributed by atoms with Gasteiger partial charge in [0.05, 0.1) is 44.4 Å². The first-order valence-corrected chi connectivity index (χ1v) is 11.5. The van der Waals surface area contributed by atoms with Gasteiger partial charge in [-0.15, -0.1) is 0 Å². The smallest absolute Gasteiger partial charge is 0.305 e. The summed E-state index contributed by atoms with van der Waals surface area (Å²) in [6, 6.07) is 1.98. The molecular weight excluding hydrogens is 408 g/mol. The molecule has 4 aliphatic rings. The Labute approximate surface area is 188 Å². The molecule has 0 amide bonds. The molecule has 0 aromatic carbocycles. The van der Waals surface area contributed by atoms with E-state index < -0.39 is 23.0 Å². The number of ether oxygens (including phenoxy) is 2. The van der Waals surface area contributed by atoms with Crippen molar-refractivity contribution < 1.29 is 28.6 Å². The lowest BCUT2D eigenvalue weighted by Crippen LogP contribution is -2.65. The summed E-state index contributed by atoms with van der Waals surface area (Å²) in [7, 11) is 1.39. The predicted molar refractivity (Wildman–Crippen MR) is 117 cm³/mol. The molecule has 1 aliphatic heterocycles. The average Bonchev–Trinajstić information content (AvgIpc) is 3.45. The molecule has 6 heteroatoms. The van der Waals surface area contributed by atoms with E-state index in [0.717, 1.165) is 23.1 Å². The van der Waals surface area contributed by atoms with Crippen LogP contribution in [-0.2, 0) is 19.1 Å². The Kier molecular flexibility index (Phi) is 4.84. The minimum absolute atomic E-state index is 0.0758. The van der Waals surface area contributed by atoms with Crippen molar-refractivity contribution in [1.82, 2.24) is 0 Å². The van der Waals surface area contributed by atoms with Crippen LogP contribution in [0.1, 0.15) is 58.4 Å². The Morgan fingerprint density at radius 1 is 1.28 bits per heavy atom. The van der Waals surface area contributed by atoms with Gasteiger partial charge in [-0.2, -0.15) is 0 Å². The number of aliphatic hydroxyl groups is 1. The second-order valence-corrected chi connectivity index (χ2v) is 10.4. The van der Waals surface area contributed by atoms with Crippen molar-refractivity contribution in [2.45, 2.75) is 71.2 Å². The van der Waals surface area contributed by atoms with Crippen LogP contribution >= 0.6 is 0 Å². The van der Waals surface area contributed by atoms with E-state index in [9.17, 15) is 14.7 Å². The fourth-order valence-electron chi connectivity index (χ4n) is 7.75. The first kappa shape index (κ1) is 21.7. The molecule has 1 saturated heterocycles. The van der Waals surface area contributed by atoms with Crippen molar-refractivity contribution in [3.05, 3.63) is 47.0 Å². The lowest BCUT2D eigenvalue weighted by atomic mass is 9.44. The Hall–Kier alpha value is -2.18. The minimum atomic E-state index is -0.878. The normalized spacial score (nSPS) is 42.9. The highest BCUT2D eigenvalue weighted by Gasteiger charge is 2.71. The van der Waals surface area contributed by atoms with Gasteiger partial charge in [-0.05, 0) is 43.4 Å². The monoisotopic (exact) mass is 440 g/mol. The van der Waals surface area contributed by atoms with Gasteiger partial charge in [0.15, 0.2) is 0 Å². The predicted octanol–water partition coefficient (Wildman–Crippen LogP) is 3.95. The fraction of sp³-hybridized carbons (Fsp3) is 0.615. The first-order valence-electron chi connectivity index (χ1n) is 11.5. The highest BCUT2D eigenvalue weighted by atomic mass is 16.5. The molecular formula is C26H32O6. The summed E-state index contributed by atoms with van der Waals surface area (Å²) in [6.45, 7) is 8.13. The van der Waals surface area contributed by atoms with Crippen LogP contribution in [0.5, 0.6) is 0 Å². The third-order valence-electron chi connectivity index (χ3n) is 9.19. The number of furan rings is 1. The molecule has 0 spiro atoms. The molecule has 6 nitrogen and oxygen atoms in total. The third-order valence-corrected chi connectivity index (χ3v) is 9.19. The third kappa shape index (κ3) is 2.59. The summed E-state index contributed by atoms with van der Waals surface area (Å²) in [5.74, 6) is -0.808. The number of ketones is 1. The number of hydrogen-bond acceptors (Lipinski definition) is 6. The van der Waals surface area contributed by atoms with Crippen molar-refractivity contribution in [3.8, 4) is 0 Å². The number of carbonyl (C=O) groups is 2. The fourth-order valence-corrected chi connectivity index (χ4v) is 7.75. The molecule has 1 aromatic heterocycles. The molecule has 172 valence electrons. The summed E-state index contributed by atoms with van der Waals surface area (Å²) in [5, 5.41) is 11.6. The van der Waals surface area contributed by atoms with Crippen molar-refractivity contribution in [2.24, 2.45) is 22.7 Å². The SMILES string of the molecule is COC(=O)C[C@H]1[C@]2(C)C3=C(C)[C@H](c4ccoc4)C[C@H]3O[C@@H]2[C@H](O)[C@H]2C(C)=CCC(=O)[C@]12C. The number of aliphatic hydroxyl groups excluding tert-OH is 1. The summed E-state index contributed by atoms with van der Waals surface area (Å²) in [6.07, 6.45) is 5.13. The molecule has 0 radical (unpaired) electrons. The van der Waals surface area contributed by atoms with Gasteiger partial charge in [0, 0.05) is 29.1 Å². The van der Waals surface area contributed by atoms with Gasteiger partial charge in [-0.25, -0.2) is 0 Å². The van der Waals surface area contributed by atoms with E-state index in [4.69, 9.17) is 13.9 Å². The van der Waals surface area contributed by atoms with Gasteiger partial charge in [-0.1, -0.05) is 31.1 Å². The van der Waals surface area contributed by atoms with Gasteiger partial charge in [0.1, 0.15) is 5.78 Å². The van der Waals surface area contributed by atoms with E-state index in [1.165, 1.54) is 12.7 Å². The number of hydrogen-bond donors (Lipinski definition) is 1. The van der Waals surface area contributed by atoms with Crippen LogP contribution in [0.15, 0.2) is 45.8 Å². The van der Waals surface area contributed by atoms with E-state index in [1.54, 1.807) is 12.5 Å². The summed E-state index contributed by atoms with van der Waals surface area (Å²) < 4.78 is 17.0. The zero-order chi connectivity index (χ0) is 23.0. The van der Waals surface area contributed by atoms with Crippen molar-refractivity contribution in [3.63, 3.8) is 0 Å². The highest BCUT2D eigenvalue weighted by molar-refractivity contribution is 5.89. The Morgan fingerprint density at radius 2 is 2.03 bits per heavy atom. The molecule has 2 fully saturated rings. The van der Waals surface area contributed by atoms with Crippen molar-refractivity contribution in [2.75, 3.05) is 7.11 Å². The van der Waals surface area contributed by atoms with E-state index in [1.807, 2.05) is 26.0 Å². The first-order chi connectivity index (χ1) is 15.1. The second-order valence-electron chi connectivity index (χ2n) is 10.4. The van der Waals surface area contributed by atoms with E-state index in [-0.39, 0.29) is 42.0 Å². The zero-order valence-corrected chi connectivity index (χ0v) is 19.4. The van der Waals surface area contributed by atoms with E-state index >= 15 is 0 Å². The van der Waals surface area contributed by atoms with Crippen LogP contribution in [0.25, 0.3) is 0 Å². The van der Waals surface area contributed by atoms with Crippen molar-refractivity contribution in [1.29, 1.82) is 0 Å². The summed E-state index contributed by atoms with van der Waals surface area (Å²) in [5.41, 5.74) is 2.91. The second kappa shape index (κ2) is 7.16. The minimum Gasteiger partial charge on any atom is -0.472 e. The average molecular weight is 441 g/mol. The van der Waals surface area contributed by atoms with Gasteiger partial charge >= 0.3 is 5.97 Å². The molecule has 0 unspecified atom stereocenters. The standard InChI is InChI=1S/C26H32O6/c1-13-6-7-19(27)25(3)18(11-20(28)30-5)26(4)22-14(2)16(15-8-9-31-12-15)10-17(22)32-24(26)23(29)21(13)25/h6,8-9,12,16-18,21,23-24,29H,7,10-11H2,1-5H3/t16-,17-,18-,21-,23-,24-,25+,26-/m1/s1.